The van der Waals surface area contributed by atoms with Gasteiger partial charge in [0.1, 0.15) is 36.6 Å². The number of hydrogen-bond acceptors (Lipinski definition) is 8. The summed E-state index contributed by atoms with van der Waals surface area (Å²) >= 11 is 0. The first-order valence-electron chi connectivity index (χ1n) is 20.3. The summed E-state index contributed by atoms with van der Waals surface area (Å²) in [5, 5.41) is 40.1. The molecule has 0 aromatic rings. The van der Waals surface area contributed by atoms with Crippen LogP contribution in [0.2, 0.25) is 0 Å². The van der Waals surface area contributed by atoms with Crippen molar-refractivity contribution in [2.45, 2.75) is 218 Å². The third-order valence-corrected chi connectivity index (χ3v) is 10.00. The molecule has 286 valence electrons. The summed E-state index contributed by atoms with van der Waals surface area (Å²) in [4.78, 5) is 12.6. The Labute approximate surface area is 295 Å². The van der Waals surface area contributed by atoms with Crippen LogP contribution >= 0.6 is 0 Å². The molecule has 8 nitrogen and oxygen atoms in total. The highest BCUT2D eigenvalue weighted by Gasteiger charge is 2.49. The first-order valence-corrected chi connectivity index (χ1v) is 20.3. The van der Waals surface area contributed by atoms with Gasteiger partial charge in [-0.05, 0) is 24.7 Å². The number of rotatable bonds is 33. The van der Waals surface area contributed by atoms with Gasteiger partial charge in [0.05, 0.1) is 13.2 Å². The van der Waals surface area contributed by atoms with Crippen molar-refractivity contribution >= 4 is 5.97 Å². The lowest BCUT2D eigenvalue weighted by Crippen LogP contribution is -2.39. The predicted molar refractivity (Wildman–Crippen MR) is 195 cm³/mol. The summed E-state index contributed by atoms with van der Waals surface area (Å²) in [7, 11) is 0. The Morgan fingerprint density at radius 1 is 0.562 bits per heavy atom. The standard InChI is InChI=1S/C40H78O8/c1-5-6-7-21-26-33(4)27-22-17-13-11-15-19-24-29-46-30-34(31-47-40-38(44)36(42)37(43)39(40)45)48-35(41)28-23-18-14-10-8-9-12-16-20-25-32(2)3/h32-34,36-40,42-45H,5-31H2,1-4H3/t33?,34-,36+,37+,38-,39-/m0/s1. The monoisotopic (exact) mass is 687 g/mol. The Kier molecular flexibility index (Phi) is 28.2. The zero-order valence-electron chi connectivity index (χ0n) is 31.6. The summed E-state index contributed by atoms with van der Waals surface area (Å²) in [6.07, 6.45) is 21.2. The molecule has 1 aliphatic rings. The molecule has 6 atom stereocenters. The van der Waals surface area contributed by atoms with Crippen LogP contribution in [0.3, 0.4) is 0 Å². The second-order valence-electron chi connectivity index (χ2n) is 15.3. The van der Waals surface area contributed by atoms with E-state index in [0.717, 1.165) is 43.9 Å². The van der Waals surface area contributed by atoms with Crippen molar-refractivity contribution in [3.63, 3.8) is 0 Å². The average molecular weight is 687 g/mol. The number of hydrogen-bond donors (Lipinski definition) is 4. The SMILES string of the molecule is CCCCCCC(C)CCCCCCCCCOC[C@@H](COC1[C@@H](O)[C@H](O)[C@@H](O)[C@@H]1O)OC(=O)CCCCCCCCCCCC(C)C. The molecule has 0 aromatic carbocycles. The third kappa shape index (κ3) is 22.8. The van der Waals surface area contributed by atoms with Crippen molar-refractivity contribution in [2.24, 2.45) is 11.8 Å². The lowest BCUT2D eigenvalue weighted by atomic mass is 9.96. The predicted octanol–water partition coefficient (Wildman–Crippen LogP) is 8.43. The van der Waals surface area contributed by atoms with Gasteiger partial charge in [-0.2, -0.15) is 0 Å². The fraction of sp³-hybridized carbons (Fsp3) is 0.975. The average Bonchev–Trinajstić information content (AvgIpc) is 3.24. The van der Waals surface area contributed by atoms with Crippen molar-refractivity contribution < 1.29 is 39.4 Å². The van der Waals surface area contributed by atoms with Gasteiger partial charge >= 0.3 is 5.97 Å². The van der Waals surface area contributed by atoms with E-state index in [0.29, 0.717) is 13.0 Å². The second-order valence-corrected chi connectivity index (χ2v) is 15.3. The normalized spacial score (nSPS) is 21.3. The Morgan fingerprint density at radius 3 is 1.54 bits per heavy atom. The van der Waals surface area contributed by atoms with E-state index in [4.69, 9.17) is 14.2 Å². The van der Waals surface area contributed by atoms with E-state index in [9.17, 15) is 25.2 Å². The minimum Gasteiger partial charge on any atom is -0.457 e. The van der Waals surface area contributed by atoms with Crippen LogP contribution in [0.5, 0.6) is 0 Å². The van der Waals surface area contributed by atoms with Gasteiger partial charge in [0.15, 0.2) is 0 Å². The summed E-state index contributed by atoms with van der Waals surface area (Å²) in [5.74, 6) is 1.34. The number of aliphatic hydroxyl groups excluding tert-OH is 4. The Bertz CT molecular complexity index is 720. The molecular formula is C40H78O8. The van der Waals surface area contributed by atoms with Gasteiger partial charge in [-0.1, -0.05) is 163 Å². The lowest BCUT2D eigenvalue weighted by molar-refractivity contribution is -0.163. The van der Waals surface area contributed by atoms with Gasteiger partial charge in [-0.25, -0.2) is 0 Å². The van der Waals surface area contributed by atoms with Crippen molar-refractivity contribution in [3.05, 3.63) is 0 Å². The van der Waals surface area contributed by atoms with Crippen LogP contribution in [0.15, 0.2) is 0 Å². The molecule has 0 aromatic heterocycles. The van der Waals surface area contributed by atoms with Crippen molar-refractivity contribution in [1.29, 1.82) is 0 Å². The first kappa shape index (κ1) is 45.3. The molecule has 1 rings (SSSR count). The molecule has 48 heavy (non-hydrogen) atoms. The van der Waals surface area contributed by atoms with Crippen molar-refractivity contribution in [3.8, 4) is 0 Å². The molecule has 0 saturated heterocycles. The number of unbranched alkanes of at least 4 members (excludes halogenated alkanes) is 17. The number of carbonyl (C=O) groups is 1. The zero-order chi connectivity index (χ0) is 35.4. The van der Waals surface area contributed by atoms with Crippen LogP contribution in [0, 0.1) is 11.8 Å². The molecule has 1 unspecified atom stereocenters. The number of aliphatic hydroxyl groups is 4. The van der Waals surface area contributed by atoms with E-state index in [-0.39, 0.29) is 19.2 Å². The highest BCUT2D eigenvalue weighted by atomic mass is 16.6. The molecule has 8 heteroatoms. The van der Waals surface area contributed by atoms with Gasteiger partial charge in [0.2, 0.25) is 0 Å². The largest absolute Gasteiger partial charge is 0.457 e. The van der Waals surface area contributed by atoms with E-state index in [1.807, 2.05) is 0 Å². The van der Waals surface area contributed by atoms with Gasteiger partial charge in [0, 0.05) is 13.0 Å². The molecule has 0 aliphatic heterocycles. The summed E-state index contributed by atoms with van der Waals surface area (Å²) in [6.45, 7) is 9.85. The molecule has 1 fully saturated rings. The van der Waals surface area contributed by atoms with Crippen LogP contribution in [-0.2, 0) is 19.0 Å². The smallest absolute Gasteiger partial charge is 0.306 e. The quantitative estimate of drug-likeness (QED) is 0.0401. The van der Waals surface area contributed by atoms with Crippen molar-refractivity contribution in [2.75, 3.05) is 19.8 Å². The first-order chi connectivity index (χ1) is 23.2. The molecule has 0 spiro atoms. The topological polar surface area (TPSA) is 126 Å². The van der Waals surface area contributed by atoms with Gasteiger partial charge in [0.25, 0.3) is 0 Å². The maximum Gasteiger partial charge on any atom is 0.306 e. The van der Waals surface area contributed by atoms with E-state index < -0.39 is 36.6 Å². The molecule has 1 saturated carbocycles. The third-order valence-electron chi connectivity index (χ3n) is 10.00. The Morgan fingerprint density at radius 2 is 1.02 bits per heavy atom. The van der Waals surface area contributed by atoms with Gasteiger partial charge in [-0.15, -0.1) is 0 Å². The van der Waals surface area contributed by atoms with Gasteiger partial charge < -0.3 is 34.6 Å². The highest BCUT2D eigenvalue weighted by Crippen LogP contribution is 2.25. The number of ether oxygens (including phenoxy) is 3. The highest BCUT2D eigenvalue weighted by molar-refractivity contribution is 5.69. The molecule has 0 radical (unpaired) electrons. The molecule has 1 aliphatic carbocycles. The van der Waals surface area contributed by atoms with Crippen LogP contribution in [-0.4, -0.2) is 82.8 Å². The molecule has 0 bridgehead atoms. The van der Waals surface area contributed by atoms with Gasteiger partial charge in [-0.3, -0.25) is 4.79 Å². The number of esters is 1. The van der Waals surface area contributed by atoms with Crippen LogP contribution in [0.25, 0.3) is 0 Å². The Hall–Kier alpha value is -0.770. The van der Waals surface area contributed by atoms with Crippen LogP contribution in [0.4, 0.5) is 0 Å². The maximum atomic E-state index is 12.6. The Balaban J connectivity index is 2.24. The number of carbonyl (C=O) groups excluding carboxylic acids is 1. The fourth-order valence-corrected chi connectivity index (χ4v) is 6.69. The molecule has 0 heterocycles. The molecule has 0 amide bonds. The summed E-state index contributed by atoms with van der Waals surface area (Å²) in [5.41, 5.74) is 0. The van der Waals surface area contributed by atoms with Crippen LogP contribution < -0.4 is 0 Å². The van der Waals surface area contributed by atoms with Crippen molar-refractivity contribution in [1.82, 2.24) is 0 Å². The van der Waals surface area contributed by atoms with E-state index >= 15 is 0 Å². The minimum absolute atomic E-state index is 0.0987. The minimum atomic E-state index is -1.49. The zero-order valence-corrected chi connectivity index (χ0v) is 31.6. The molecule has 4 N–H and O–H groups in total. The van der Waals surface area contributed by atoms with Crippen LogP contribution in [0.1, 0.15) is 182 Å². The van der Waals surface area contributed by atoms with E-state index in [1.165, 1.54) is 116 Å². The summed E-state index contributed by atoms with van der Waals surface area (Å²) < 4.78 is 17.2. The maximum absolute atomic E-state index is 12.6. The fourth-order valence-electron chi connectivity index (χ4n) is 6.69. The molecular weight excluding hydrogens is 608 g/mol. The lowest BCUT2D eigenvalue weighted by Gasteiger charge is -2.24. The van der Waals surface area contributed by atoms with E-state index in [2.05, 4.69) is 27.7 Å². The summed E-state index contributed by atoms with van der Waals surface area (Å²) in [6, 6.07) is 0. The second kappa shape index (κ2) is 29.9. The van der Waals surface area contributed by atoms with E-state index in [1.54, 1.807) is 0 Å².